The molecule has 1 saturated heterocycles. The average Bonchev–Trinajstić information content (AvgIpc) is 3.37. The number of hydrazine groups is 1. The Bertz CT molecular complexity index is 1060. The summed E-state index contributed by atoms with van der Waals surface area (Å²) >= 11 is 2.21. The van der Waals surface area contributed by atoms with Gasteiger partial charge in [-0.15, -0.1) is 0 Å². The molecule has 0 saturated carbocycles. The van der Waals surface area contributed by atoms with Crippen molar-refractivity contribution in [2.45, 2.75) is 39.8 Å². The number of aryl methyl sites for hydroxylation is 1. The van der Waals surface area contributed by atoms with Crippen molar-refractivity contribution in [3.63, 3.8) is 0 Å². The Morgan fingerprint density at radius 3 is 2.44 bits per heavy atom. The molecule has 1 aromatic carbocycles. The molecule has 11 heteroatoms. The van der Waals surface area contributed by atoms with Crippen molar-refractivity contribution in [2.75, 3.05) is 31.5 Å². The molecule has 0 aliphatic carbocycles. The minimum absolute atomic E-state index is 0.0189. The van der Waals surface area contributed by atoms with Gasteiger partial charge in [-0.1, -0.05) is 20.3 Å². The summed E-state index contributed by atoms with van der Waals surface area (Å²) in [4.78, 5) is 44.8. The Morgan fingerprint density at radius 1 is 1.15 bits per heavy atom. The van der Waals surface area contributed by atoms with Crippen LogP contribution in [-0.4, -0.2) is 74.7 Å². The van der Waals surface area contributed by atoms with Crippen LogP contribution < -0.4 is 10.6 Å². The average molecular weight is 579 g/mol. The summed E-state index contributed by atoms with van der Waals surface area (Å²) in [6.07, 6.45) is 2.49. The Hall–Kier alpha value is -2.67. The molecule has 1 fully saturated rings. The molecule has 0 radical (unpaired) electrons. The van der Waals surface area contributed by atoms with E-state index >= 15 is 0 Å². The number of hydrogen-bond donors (Lipinski definition) is 2. The number of amides is 4. The highest BCUT2D eigenvalue weighted by Gasteiger charge is 2.37. The number of carbonyl (C=O) groups excluding carboxylic acids is 3. The Labute approximate surface area is 212 Å². The number of nitrogens with one attached hydrogen (secondary N) is 2. The first-order chi connectivity index (χ1) is 16.3. The Morgan fingerprint density at radius 2 is 1.82 bits per heavy atom. The van der Waals surface area contributed by atoms with Crippen LogP contribution in [0.15, 0.2) is 30.5 Å². The highest BCUT2D eigenvalue weighted by molar-refractivity contribution is 14.1. The number of benzene rings is 1. The maximum absolute atomic E-state index is 13.4. The summed E-state index contributed by atoms with van der Waals surface area (Å²) < 4.78 is 2.71. The minimum atomic E-state index is -0.622. The number of imidazole rings is 1. The molecule has 2 aromatic rings. The summed E-state index contributed by atoms with van der Waals surface area (Å²) in [5.74, 6) is 0.572. The lowest BCUT2D eigenvalue weighted by Gasteiger charge is -2.40. The van der Waals surface area contributed by atoms with E-state index in [1.165, 1.54) is 0 Å². The molecule has 1 unspecified atom stereocenters. The van der Waals surface area contributed by atoms with Crippen LogP contribution in [-0.2, 0) is 11.3 Å². The molecular weight excluding hydrogens is 549 g/mol. The fourth-order valence-electron chi connectivity index (χ4n) is 4.30. The number of rotatable bonds is 6. The van der Waals surface area contributed by atoms with Gasteiger partial charge in [-0.05, 0) is 59.7 Å². The third-order valence-electron chi connectivity index (χ3n) is 6.51. The first-order valence-corrected chi connectivity index (χ1v) is 12.6. The van der Waals surface area contributed by atoms with Crippen molar-refractivity contribution in [1.82, 2.24) is 29.8 Å². The Kier molecular flexibility index (Phi) is 7.41. The molecule has 10 nitrogen and oxygen atoms in total. The zero-order valence-corrected chi connectivity index (χ0v) is 21.8. The molecule has 2 atom stereocenters. The van der Waals surface area contributed by atoms with E-state index in [9.17, 15) is 14.4 Å². The smallest absolute Gasteiger partial charge is 0.338 e. The van der Waals surface area contributed by atoms with Gasteiger partial charge in [0, 0.05) is 35.4 Å². The summed E-state index contributed by atoms with van der Waals surface area (Å²) in [5, 5.41) is 9.42. The molecule has 4 rings (SSSR count). The van der Waals surface area contributed by atoms with E-state index in [0.717, 1.165) is 15.7 Å². The topological polar surface area (TPSA) is 103 Å². The van der Waals surface area contributed by atoms with Crippen LogP contribution in [0.1, 0.15) is 31.8 Å². The van der Waals surface area contributed by atoms with E-state index in [2.05, 4.69) is 38.2 Å². The van der Waals surface area contributed by atoms with Gasteiger partial charge in [0.05, 0.1) is 18.4 Å². The van der Waals surface area contributed by atoms with Gasteiger partial charge in [-0.2, -0.15) is 0 Å². The van der Waals surface area contributed by atoms with Crippen molar-refractivity contribution in [3.8, 4) is 0 Å². The standard InChI is InChI=1S/C23H30IN7O3/c1-4-15(2)20(27-22(33)26-18-7-5-17(24)6-8-18)21(32)28-9-11-29(12-10-28)30-14-19-13-25-16(3)31(19)23(30)34/h5-8,13,15,20H,4,9-12,14H2,1-3H3,(H2,26,27,33)/t15?,20-/m1/s1. The fraction of sp³-hybridized carbons (Fsp3) is 0.478. The third-order valence-corrected chi connectivity index (χ3v) is 7.23. The number of hydrogen-bond acceptors (Lipinski definition) is 5. The van der Waals surface area contributed by atoms with Crippen LogP contribution in [0.3, 0.4) is 0 Å². The SMILES string of the molecule is CCC(C)[C@@H](NC(=O)Nc1ccc(I)cc1)C(=O)N1CCN(N2Cc3cnc(C)n3C2=O)CC1. The van der Waals surface area contributed by atoms with Crippen LogP contribution in [0, 0.1) is 16.4 Å². The summed E-state index contributed by atoms with van der Waals surface area (Å²) in [6, 6.07) is 6.36. The second-order valence-electron chi connectivity index (χ2n) is 8.72. The number of nitrogens with zero attached hydrogens (tertiary/aromatic N) is 5. The zero-order valence-electron chi connectivity index (χ0n) is 19.6. The van der Waals surface area contributed by atoms with E-state index in [-0.39, 0.29) is 17.9 Å². The number of carbonyl (C=O) groups is 3. The van der Waals surface area contributed by atoms with Crippen molar-refractivity contribution < 1.29 is 14.4 Å². The minimum Gasteiger partial charge on any atom is -0.338 e. The summed E-state index contributed by atoms with van der Waals surface area (Å²) in [6.45, 7) is 8.37. The van der Waals surface area contributed by atoms with Gasteiger partial charge < -0.3 is 15.5 Å². The first-order valence-electron chi connectivity index (χ1n) is 11.5. The van der Waals surface area contributed by atoms with E-state index < -0.39 is 12.1 Å². The van der Waals surface area contributed by atoms with Crippen LogP contribution >= 0.6 is 22.6 Å². The second kappa shape index (κ2) is 10.3. The first kappa shape index (κ1) is 24.5. The number of urea groups is 1. The lowest BCUT2D eigenvalue weighted by Crippen LogP contribution is -2.59. The third kappa shape index (κ3) is 5.04. The monoisotopic (exact) mass is 579 g/mol. The molecule has 4 amide bonds. The van der Waals surface area contributed by atoms with Crippen molar-refractivity contribution in [2.24, 2.45) is 5.92 Å². The van der Waals surface area contributed by atoms with Gasteiger partial charge in [-0.3, -0.25) is 9.80 Å². The highest BCUT2D eigenvalue weighted by atomic mass is 127. The second-order valence-corrected chi connectivity index (χ2v) is 9.97. The van der Waals surface area contributed by atoms with Crippen molar-refractivity contribution >= 4 is 46.2 Å². The highest BCUT2D eigenvalue weighted by Crippen LogP contribution is 2.22. The Balaban J connectivity index is 1.35. The molecule has 2 N–H and O–H groups in total. The predicted molar refractivity (Wildman–Crippen MR) is 136 cm³/mol. The maximum Gasteiger partial charge on any atom is 0.344 e. The van der Waals surface area contributed by atoms with Gasteiger partial charge in [0.1, 0.15) is 11.9 Å². The molecule has 1 aromatic heterocycles. The van der Waals surface area contributed by atoms with E-state index in [4.69, 9.17) is 0 Å². The number of halogens is 1. The van der Waals surface area contributed by atoms with Crippen LogP contribution in [0.4, 0.5) is 15.3 Å². The molecule has 0 spiro atoms. The van der Waals surface area contributed by atoms with Crippen molar-refractivity contribution in [3.05, 3.63) is 45.6 Å². The van der Waals surface area contributed by atoms with E-state index in [1.54, 1.807) is 20.7 Å². The van der Waals surface area contributed by atoms with E-state index in [0.29, 0.717) is 44.2 Å². The molecule has 2 aliphatic rings. The maximum atomic E-state index is 13.4. The lowest BCUT2D eigenvalue weighted by atomic mass is 9.97. The normalized spacial score (nSPS) is 17.9. The molecule has 0 bridgehead atoms. The lowest BCUT2D eigenvalue weighted by molar-refractivity contribution is -0.138. The number of aromatic nitrogens is 2. The summed E-state index contributed by atoms with van der Waals surface area (Å²) in [7, 11) is 0. The molecule has 182 valence electrons. The predicted octanol–water partition coefficient (Wildman–Crippen LogP) is 2.88. The van der Waals surface area contributed by atoms with Crippen LogP contribution in [0.5, 0.6) is 0 Å². The van der Waals surface area contributed by atoms with Gasteiger partial charge >= 0.3 is 12.1 Å². The van der Waals surface area contributed by atoms with Gasteiger partial charge in [-0.25, -0.2) is 24.1 Å². The number of piperazine rings is 1. The number of anilines is 1. The zero-order chi connectivity index (χ0) is 24.4. The molecule has 34 heavy (non-hydrogen) atoms. The largest absolute Gasteiger partial charge is 0.344 e. The fourth-order valence-corrected chi connectivity index (χ4v) is 4.66. The van der Waals surface area contributed by atoms with Crippen LogP contribution in [0.2, 0.25) is 0 Å². The van der Waals surface area contributed by atoms with Gasteiger partial charge in [0.2, 0.25) is 5.91 Å². The number of fused-ring (bicyclic) bond motifs is 1. The molecule has 2 aliphatic heterocycles. The van der Waals surface area contributed by atoms with Crippen molar-refractivity contribution in [1.29, 1.82) is 0 Å². The van der Waals surface area contributed by atoms with Gasteiger partial charge in [0.25, 0.3) is 0 Å². The molecular formula is C23H30IN7O3. The quantitative estimate of drug-likeness (QED) is 0.513. The van der Waals surface area contributed by atoms with Gasteiger partial charge in [0.15, 0.2) is 0 Å². The summed E-state index contributed by atoms with van der Waals surface area (Å²) in [5.41, 5.74) is 1.55. The van der Waals surface area contributed by atoms with Crippen LogP contribution in [0.25, 0.3) is 0 Å². The molecule has 3 heterocycles. The van der Waals surface area contributed by atoms with E-state index in [1.807, 2.05) is 50.0 Å².